The summed E-state index contributed by atoms with van der Waals surface area (Å²) in [7, 11) is 0. The molecule has 5 nitrogen and oxygen atoms in total. The highest BCUT2D eigenvalue weighted by Crippen LogP contribution is 2.58. The number of carboxylic acids is 1. The van der Waals surface area contributed by atoms with Crippen molar-refractivity contribution in [3.63, 3.8) is 0 Å². The van der Waals surface area contributed by atoms with E-state index in [-0.39, 0.29) is 24.5 Å². The Kier molecular flexibility index (Phi) is 2.58. The molecule has 0 aromatic heterocycles. The number of amides is 1. The van der Waals surface area contributed by atoms with Crippen LogP contribution in [0.3, 0.4) is 0 Å². The number of ether oxygens (including phenoxy) is 1. The lowest BCUT2D eigenvalue weighted by atomic mass is 9.95. The van der Waals surface area contributed by atoms with Crippen LogP contribution in [0.5, 0.6) is 0 Å². The van der Waals surface area contributed by atoms with Crippen LogP contribution in [0, 0.1) is 11.8 Å². The number of aliphatic carboxylic acids is 1. The predicted molar refractivity (Wildman–Crippen MR) is 58.3 cm³/mol. The van der Waals surface area contributed by atoms with E-state index in [4.69, 9.17) is 9.84 Å². The molecule has 0 radical (unpaired) electrons. The predicted octanol–water partition coefficient (Wildman–Crippen LogP) is 0.533. The third-order valence-electron chi connectivity index (χ3n) is 4.15. The minimum Gasteiger partial charge on any atom is -0.481 e. The van der Waals surface area contributed by atoms with Gasteiger partial charge in [0.25, 0.3) is 0 Å². The summed E-state index contributed by atoms with van der Waals surface area (Å²) in [6.45, 7) is 0. The number of hydrogen-bond donors (Lipinski definition) is 2. The van der Waals surface area contributed by atoms with Gasteiger partial charge in [0.15, 0.2) is 0 Å². The summed E-state index contributed by atoms with van der Waals surface area (Å²) < 4.78 is 5.78. The highest BCUT2D eigenvalue weighted by atomic mass is 16.5. The molecule has 1 saturated carbocycles. The van der Waals surface area contributed by atoms with E-state index in [1.165, 1.54) is 6.42 Å². The first kappa shape index (κ1) is 11.0. The Morgan fingerprint density at radius 3 is 2.71 bits per heavy atom. The third-order valence-corrected chi connectivity index (χ3v) is 4.15. The lowest BCUT2D eigenvalue weighted by Crippen LogP contribution is -2.42. The SMILES string of the molecule is O=C(O)CCCC(=O)NC1CC2OC1C1CC21. The zero-order valence-corrected chi connectivity index (χ0v) is 9.59. The standard InChI is InChI=1S/C12H17NO4/c14-10(2-1-3-11(15)16)13-8-5-9-6-4-7(6)12(8)17-9/h6-9,12H,1-5H2,(H,13,14)(H,15,16). The molecule has 2 bridgehead atoms. The zero-order chi connectivity index (χ0) is 12.0. The molecule has 2 aliphatic heterocycles. The van der Waals surface area contributed by atoms with Crippen LogP contribution >= 0.6 is 0 Å². The van der Waals surface area contributed by atoms with Crippen molar-refractivity contribution in [3.8, 4) is 0 Å². The first-order valence-electron chi connectivity index (χ1n) is 6.32. The first-order chi connectivity index (χ1) is 8.15. The van der Waals surface area contributed by atoms with Crippen LogP contribution in [0.25, 0.3) is 0 Å². The summed E-state index contributed by atoms with van der Waals surface area (Å²) in [5.41, 5.74) is 0. The lowest BCUT2D eigenvalue weighted by molar-refractivity contribution is -0.137. The van der Waals surface area contributed by atoms with Gasteiger partial charge in [0.2, 0.25) is 5.91 Å². The Balaban J connectivity index is 1.42. The second-order valence-corrected chi connectivity index (χ2v) is 5.36. The van der Waals surface area contributed by atoms with Gasteiger partial charge in [-0.3, -0.25) is 9.59 Å². The van der Waals surface area contributed by atoms with Gasteiger partial charge in [-0.25, -0.2) is 0 Å². The second-order valence-electron chi connectivity index (χ2n) is 5.36. The molecular weight excluding hydrogens is 222 g/mol. The summed E-state index contributed by atoms with van der Waals surface area (Å²) in [5.74, 6) is 0.560. The number of fused-ring (bicyclic) bond motifs is 5. The van der Waals surface area contributed by atoms with Crippen molar-refractivity contribution in [1.82, 2.24) is 5.32 Å². The third kappa shape index (κ3) is 2.04. The van der Waals surface area contributed by atoms with E-state index in [1.807, 2.05) is 0 Å². The lowest BCUT2D eigenvalue weighted by Gasteiger charge is -2.19. The van der Waals surface area contributed by atoms with Gasteiger partial charge in [-0.2, -0.15) is 0 Å². The first-order valence-corrected chi connectivity index (χ1v) is 6.32. The van der Waals surface area contributed by atoms with Crippen molar-refractivity contribution < 1.29 is 19.4 Å². The van der Waals surface area contributed by atoms with Gasteiger partial charge in [0.05, 0.1) is 18.2 Å². The Hall–Kier alpha value is -1.10. The Morgan fingerprint density at radius 1 is 1.24 bits per heavy atom. The fourth-order valence-corrected chi connectivity index (χ4v) is 3.27. The fraction of sp³-hybridized carbons (Fsp3) is 0.833. The maximum absolute atomic E-state index is 11.6. The minimum atomic E-state index is -0.845. The number of carboxylic acid groups (broad SMARTS) is 1. The molecule has 2 heterocycles. The van der Waals surface area contributed by atoms with E-state index in [2.05, 4.69) is 5.32 Å². The fourth-order valence-electron chi connectivity index (χ4n) is 3.27. The Morgan fingerprint density at radius 2 is 2.06 bits per heavy atom. The van der Waals surface area contributed by atoms with Crippen molar-refractivity contribution >= 4 is 11.9 Å². The molecule has 2 N–H and O–H groups in total. The molecule has 3 rings (SSSR count). The van der Waals surface area contributed by atoms with Gasteiger partial charge in [-0.1, -0.05) is 0 Å². The van der Waals surface area contributed by atoms with Gasteiger partial charge in [-0.05, 0) is 31.1 Å². The molecule has 0 spiro atoms. The number of carbonyl (C=O) groups is 2. The van der Waals surface area contributed by atoms with Crippen molar-refractivity contribution in [3.05, 3.63) is 0 Å². The van der Waals surface area contributed by atoms with Crippen molar-refractivity contribution in [1.29, 1.82) is 0 Å². The molecule has 3 aliphatic rings. The molecule has 0 aromatic carbocycles. The summed E-state index contributed by atoms with van der Waals surface area (Å²) in [5, 5.41) is 11.5. The van der Waals surface area contributed by atoms with Crippen LogP contribution in [-0.4, -0.2) is 35.2 Å². The molecule has 1 aliphatic carbocycles. The van der Waals surface area contributed by atoms with Gasteiger partial charge >= 0.3 is 5.97 Å². The van der Waals surface area contributed by atoms with E-state index >= 15 is 0 Å². The van der Waals surface area contributed by atoms with E-state index in [0.29, 0.717) is 24.9 Å². The summed E-state index contributed by atoms with van der Waals surface area (Å²) in [6.07, 6.45) is 3.58. The van der Waals surface area contributed by atoms with Crippen molar-refractivity contribution in [2.75, 3.05) is 0 Å². The molecule has 5 heteroatoms. The highest BCUT2D eigenvalue weighted by molar-refractivity contribution is 5.77. The molecule has 5 atom stereocenters. The zero-order valence-electron chi connectivity index (χ0n) is 9.59. The van der Waals surface area contributed by atoms with E-state index in [0.717, 1.165) is 12.3 Å². The maximum atomic E-state index is 11.6. The van der Waals surface area contributed by atoms with E-state index in [1.54, 1.807) is 0 Å². The second kappa shape index (κ2) is 3.98. The van der Waals surface area contributed by atoms with Crippen LogP contribution in [0.4, 0.5) is 0 Å². The number of hydrogen-bond acceptors (Lipinski definition) is 3. The molecule has 2 saturated heterocycles. The van der Waals surface area contributed by atoms with E-state index in [9.17, 15) is 9.59 Å². The summed E-state index contributed by atoms with van der Waals surface area (Å²) >= 11 is 0. The molecule has 94 valence electrons. The Labute approximate surface area is 99.5 Å². The van der Waals surface area contributed by atoms with Crippen LogP contribution in [0.1, 0.15) is 32.1 Å². The van der Waals surface area contributed by atoms with Crippen LogP contribution in [0.15, 0.2) is 0 Å². The number of carbonyl (C=O) groups excluding carboxylic acids is 1. The van der Waals surface area contributed by atoms with Gasteiger partial charge in [0.1, 0.15) is 0 Å². The Bertz CT molecular complexity index is 356. The molecule has 3 fully saturated rings. The number of nitrogens with one attached hydrogen (secondary N) is 1. The molecule has 5 unspecified atom stereocenters. The number of rotatable bonds is 5. The average Bonchev–Trinajstić information content (AvgIpc) is 2.87. The highest BCUT2D eigenvalue weighted by Gasteiger charge is 2.62. The normalized spacial score (nSPS) is 41.1. The summed E-state index contributed by atoms with van der Waals surface area (Å²) in [4.78, 5) is 21.9. The maximum Gasteiger partial charge on any atom is 0.303 e. The largest absolute Gasteiger partial charge is 0.481 e. The minimum absolute atomic E-state index is 0.0374. The van der Waals surface area contributed by atoms with Crippen LogP contribution < -0.4 is 5.32 Å². The van der Waals surface area contributed by atoms with Crippen molar-refractivity contribution in [2.24, 2.45) is 11.8 Å². The van der Waals surface area contributed by atoms with Gasteiger partial charge in [-0.15, -0.1) is 0 Å². The topological polar surface area (TPSA) is 75.6 Å². The van der Waals surface area contributed by atoms with Gasteiger partial charge in [0, 0.05) is 12.8 Å². The average molecular weight is 239 g/mol. The van der Waals surface area contributed by atoms with Gasteiger partial charge < -0.3 is 15.2 Å². The monoisotopic (exact) mass is 239 g/mol. The van der Waals surface area contributed by atoms with Crippen LogP contribution in [0.2, 0.25) is 0 Å². The molecular formula is C12H17NO4. The van der Waals surface area contributed by atoms with Crippen molar-refractivity contribution in [2.45, 2.75) is 50.4 Å². The smallest absolute Gasteiger partial charge is 0.303 e. The quantitative estimate of drug-likeness (QED) is 0.734. The molecule has 17 heavy (non-hydrogen) atoms. The summed E-state index contributed by atoms with van der Waals surface area (Å²) in [6, 6.07) is 0.168. The molecule has 0 aromatic rings. The molecule has 1 amide bonds. The van der Waals surface area contributed by atoms with E-state index < -0.39 is 5.97 Å². The van der Waals surface area contributed by atoms with Crippen LogP contribution in [-0.2, 0) is 14.3 Å².